The van der Waals surface area contributed by atoms with Gasteiger partial charge < -0.3 is 10.5 Å². The lowest BCUT2D eigenvalue weighted by molar-refractivity contribution is 0.340. The third kappa shape index (κ3) is 3.11. The monoisotopic (exact) mass is 241 g/mol. The number of benzene rings is 2. The molecule has 18 heavy (non-hydrogen) atoms. The Kier molecular flexibility index (Phi) is 4.37. The molecule has 2 N–H and O–H groups in total. The largest absolute Gasteiger partial charge is 0.494 e. The minimum atomic E-state index is 0.687. The molecule has 0 aliphatic heterocycles. The Balaban J connectivity index is 2.22. The molecule has 0 aliphatic rings. The van der Waals surface area contributed by atoms with Crippen molar-refractivity contribution < 1.29 is 4.74 Å². The molecule has 0 fully saturated rings. The molecule has 0 radical (unpaired) electrons. The van der Waals surface area contributed by atoms with Gasteiger partial charge in [0.1, 0.15) is 5.75 Å². The summed E-state index contributed by atoms with van der Waals surface area (Å²) in [6.07, 6.45) is 0.921. The number of nitrogens with two attached hydrogens (primary N) is 1. The van der Waals surface area contributed by atoms with Gasteiger partial charge in [-0.15, -0.1) is 0 Å². The maximum Gasteiger partial charge on any atom is 0.119 e. The van der Waals surface area contributed by atoms with Crippen LogP contribution in [0.3, 0.4) is 0 Å². The van der Waals surface area contributed by atoms with Crippen LogP contribution < -0.4 is 10.5 Å². The number of hydrogen-bond donors (Lipinski definition) is 1. The van der Waals surface area contributed by atoms with Crippen LogP contribution in [0.15, 0.2) is 48.5 Å². The summed E-state index contributed by atoms with van der Waals surface area (Å²) < 4.78 is 5.44. The predicted octanol–water partition coefficient (Wildman–Crippen LogP) is 3.25. The van der Waals surface area contributed by atoms with Gasteiger partial charge in [0.15, 0.2) is 0 Å². The number of ether oxygens (including phenoxy) is 1. The molecule has 0 saturated heterocycles. The molecule has 2 heteroatoms. The fourth-order valence-corrected chi connectivity index (χ4v) is 1.98. The maximum atomic E-state index is 5.59. The summed E-state index contributed by atoms with van der Waals surface area (Å²) >= 11 is 0. The van der Waals surface area contributed by atoms with E-state index in [4.69, 9.17) is 10.5 Å². The Morgan fingerprint density at radius 2 is 1.78 bits per heavy atom. The second-order valence-electron chi connectivity index (χ2n) is 4.20. The van der Waals surface area contributed by atoms with Gasteiger partial charge in [0, 0.05) is 0 Å². The van der Waals surface area contributed by atoms with E-state index < -0.39 is 0 Å². The molecule has 94 valence electrons. The lowest BCUT2D eigenvalue weighted by Crippen LogP contribution is -2.02. The lowest BCUT2D eigenvalue weighted by atomic mass is 10.0. The Bertz CT molecular complexity index is 491. The van der Waals surface area contributed by atoms with E-state index in [-0.39, 0.29) is 0 Å². The Morgan fingerprint density at radius 1 is 1.00 bits per heavy atom. The molecule has 2 rings (SSSR count). The third-order valence-corrected chi connectivity index (χ3v) is 2.86. The molecule has 0 spiro atoms. The first-order valence-electron chi connectivity index (χ1n) is 6.35. The molecule has 0 amide bonds. The normalized spacial score (nSPS) is 10.3. The molecule has 2 aromatic rings. The van der Waals surface area contributed by atoms with E-state index in [2.05, 4.69) is 36.4 Å². The van der Waals surface area contributed by atoms with E-state index in [1.54, 1.807) is 0 Å². The first-order chi connectivity index (χ1) is 8.83. The van der Waals surface area contributed by atoms with E-state index >= 15 is 0 Å². The van der Waals surface area contributed by atoms with Crippen molar-refractivity contribution in [3.05, 3.63) is 54.1 Å². The molecule has 0 unspecified atom stereocenters. The number of rotatable bonds is 5. The summed E-state index contributed by atoms with van der Waals surface area (Å²) in [5.74, 6) is 0.916. The highest BCUT2D eigenvalue weighted by Gasteiger charge is 2.00. The standard InChI is InChI=1S/C16H19NO/c1-2-18-16-8-6-14(7-9-16)15-5-3-4-13(12-15)10-11-17/h3-9,12H,2,10-11,17H2,1H3. The first kappa shape index (κ1) is 12.7. The molecule has 0 heterocycles. The fraction of sp³-hybridized carbons (Fsp3) is 0.250. The highest BCUT2D eigenvalue weighted by atomic mass is 16.5. The van der Waals surface area contributed by atoms with Crippen molar-refractivity contribution >= 4 is 0 Å². The smallest absolute Gasteiger partial charge is 0.119 e. The van der Waals surface area contributed by atoms with Crippen LogP contribution in [0.1, 0.15) is 12.5 Å². The summed E-state index contributed by atoms with van der Waals surface area (Å²) in [5, 5.41) is 0. The molecule has 0 aromatic heterocycles. The van der Waals surface area contributed by atoms with Gasteiger partial charge >= 0.3 is 0 Å². The van der Waals surface area contributed by atoms with Crippen molar-refractivity contribution in [1.82, 2.24) is 0 Å². The zero-order valence-electron chi connectivity index (χ0n) is 10.7. The van der Waals surface area contributed by atoms with Gasteiger partial charge in [-0.1, -0.05) is 36.4 Å². The van der Waals surface area contributed by atoms with Crippen LogP contribution in [0, 0.1) is 0 Å². The van der Waals surface area contributed by atoms with Gasteiger partial charge in [0.2, 0.25) is 0 Å². The first-order valence-corrected chi connectivity index (χ1v) is 6.35. The summed E-state index contributed by atoms with van der Waals surface area (Å²) in [5.41, 5.74) is 9.30. The quantitative estimate of drug-likeness (QED) is 0.872. The van der Waals surface area contributed by atoms with Gasteiger partial charge in [-0.3, -0.25) is 0 Å². The third-order valence-electron chi connectivity index (χ3n) is 2.86. The highest BCUT2D eigenvalue weighted by Crippen LogP contribution is 2.23. The second kappa shape index (κ2) is 6.22. The molecule has 0 atom stereocenters. The minimum absolute atomic E-state index is 0.687. The van der Waals surface area contributed by atoms with Gasteiger partial charge in [-0.05, 0) is 48.7 Å². The molecule has 2 aromatic carbocycles. The molecule has 0 bridgehead atoms. The zero-order chi connectivity index (χ0) is 12.8. The Morgan fingerprint density at radius 3 is 2.44 bits per heavy atom. The minimum Gasteiger partial charge on any atom is -0.494 e. The van der Waals surface area contributed by atoms with Crippen molar-refractivity contribution in [3.8, 4) is 16.9 Å². The van der Waals surface area contributed by atoms with Crippen LogP contribution in [0.25, 0.3) is 11.1 Å². The van der Waals surface area contributed by atoms with Crippen molar-refractivity contribution in [2.45, 2.75) is 13.3 Å². The van der Waals surface area contributed by atoms with Crippen LogP contribution in [0.5, 0.6) is 5.75 Å². The highest BCUT2D eigenvalue weighted by molar-refractivity contribution is 5.64. The SMILES string of the molecule is CCOc1ccc(-c2cccc(CCN)c2)cc1. The van der Waals surface area contributed by atoms with Crippen molar-refractivity contribution in [1.29, 1.82) is 0 Å². The lowest BCUT2D eigenvalue weighted by Gasteiger charge is -2.07. The van der Waals surface area contributed by atoms with Gasteiger partial charge in [-0.2, -0.15) is 0 Å². The topological polar surface area (TPSA) is 35.2 Å². The van der Waals surface area contributed by atoms with Gasteiger partial charge in [0.05, 0.1) is 6.61 Å². The van der Waals surface area contributed by atoms with E-state index in [0.717, 1.165) is 12.2 Å². The molecular formula is C16H19NO. The van der Waals surface area contributed by atoms with Crippen molar-refractivity contribution in [2.24, 2.45) is 5.73 Å². The van der Waals surface area contributed by atoms with Gasteiger partial charge in [-0.25, -0.2) is 0 Å². The van der Waals surface area contributed by atoms with Gasteiger partial charge in [0.25, 0.3) is 0 Å². The van der Waals surface area contributed by atoms with Crippen molar-refractivity contribution in [2.75, 3.05) is 13.2 Å². The summed E-state index contributed by atoms with van der Waals surface area (Å²) in [6, 6.07) is 16.7. The van der Waals surface area contributed by atoms with Crippen LogP contribution in [-0.4, -0.2) is 13.2 Å². The Labute approximate surface area is 108 Å². The van der Waals surface area contributed by atoms with Crippen LogP contribution in [0.2, 0.25) is 0 Å². The van der Waals surface area contributed by atoms with E-state index in [1.807, 2.05) is 19.1 Å². The van der Waals surface area contributed by atoms with Crippen LogP contribution >= 0.6 is 0 Å². The summed E-state index contributed by atoms with van der Waals surface area (Å²) in [7, 11) is 0. The average molecular weight is 241 g/mol. The molecule has 0 aliphatic carbocycles. The van der Waals surface area contributed by atoms with E-state index in [1.165, 1.54) is 16.7 Å². The van der Waals surface area contributed by atoms with E-state index in [9.17, 15) is 0 Å². The van der Waals surface area contributed by atoms with Crippen molar-refractivity contribution in [3.63, 3.8) is 0 Å². The Hall–Kier alpha value is -1.80. The maximum absolute atomic E-state index is 5.59. The van der Waals surface area contributed by atoms with E-state index in [0.29, 0.717) is 13.2 Å². The number of hydrogen-bond acceptors (Lipinski definition) is 2. The van der Waals surface area contributed by atoms with Crippen LogP contribution in [0.4, 0.5) is 0 Å². The summed E-state index contributed by atoms with van der Waals surface area (Å²) in [4.78, 5) is 0. The molecule has 2 nitrogen and oxygen atoms in total. The molecular weight excluding hydrogens is 222 g/mol. The second-order valence-corrected chi connectivity index (χ2v) is 4.20. The summed E-state index contributed by atoms with van der Waals surface area (Å²) in [6.45, 7) is 3.38. The predicted molar refractivity (Wildman–Crippen MR) is 75.8 cm³/mol. The average Bonchev–Trinajstić information content (AvgIpc) is 2.41. The molecule has 0 saturated carbocycles. The fourth-order valence-electron chi connectivity index (χ4n) is 1.98. The zero-order valence-corrected chi connectivity index (χ0v) is 10.7. The van der Waals surface area contributed by atoms with Crippen LogP contribution in [-0.2, 0) is 6.42 Å².